The lowest BCUT2D eigenvalue weighted by molar-refractivity contribution is -0.167. The normalized spacial score (nSPS) is 12.4. The summed E-state index contributed by atoms with van der Waals surface area (Å²) in [5.74, 6) is -0.926. The lowest BCUT2D eigenvalue weighted by Gasteiger charge is -2.18. The fourth-order valence-corrected chi connectivity index (χ4v) is 6.87. The Balaban J connectivity index is 4.35. The number of carbonyl (C=O) groups is 3. The van der Waals surface area contributed by atoms with Crippen molar-refractivity contribution in [1.82, 2.24) is 0 Å². The van der Waals surface area contributed by atoms with Crippen LogP contribution in [0.3, 0.4) is 0 Å². The van der Waals surface area contributed by atoms with Crippen molar-refractivity contribution >= 4 is 17.9 Å². The summed E-state index contributed by atoms with van der Waals surface area (Å²) in [7, 11) is 0. The van der Waals surface area contributed by atoms with E-state index in [9.17, 15) is 14.4 Å². The van der Waals surface area contributed by atoms with E-state index in [4.69, 9.17) is 14.2 Å². The fourth-order valence-electron chi connectivity index (χ4n) is 6.87. The lowest BCUT2D eigenvalue weighted by Crippen LogP contribution is -2.30. The third-order valence-corrected chi connectivity index (χ3v) is 10.6. The molecule has 0 fully saturated rings. The van der Waals surface area contributed by atoms with Gasteiger partial charge in [-0.05, 0) is 64.2 Å². The van der Waals surface area contributed by atoms with Crippen LogP contribution in [0.4, 0.5) is 0 Å². The first-order valence-corrected chi connectivity index (χ1v) is 24.7. The Morgan fingerprint density at radius 1 is 0.379 bits per heavy atom. The Morgan fingerprint density at radius 3 is 1.21 bits per heavy atom. The summed E-state index contributed by atoms with van der Waals surface area (Å²) in [6.45, 7) is 6.45. The van der Waals surface area contributed by atoms with E-state index in [0.29, 0.717) is 19.3 Å². The van der Waals surface area contributed by atoms with Crippen LogP contribution in [0.2, 0.25) is 0 Å². The molecular weight excluding hydrogens is 721 g/mol. The van der Waals surface area contributed by atoms with E-state index >= 15 is 0 Å². The van der Waals surface area contributed by atoms with Crippen LogP contribution in [-0.2, 0) is 28.6 Å². The third kappa shape index (κ3) is 44.5. The number of unbranched alkanes of at least 4 members (excludes halogenated alkanes) is 26. The minimum atomic E-state index is -0.787. The van der Waals surface area contributed by atoms with Crippen LogP contribution in [0.15, 0.2) is 48.6 Å². The number of rotatable bonds is 44. The molecule has 58 heavy (non-hydrogen) atoms. The molecule has 336 valence electrons. The van der Waals surface area contributed by atoms with Gasteiger partial charge in [-0.3, -0.25) is 14.4 Å². The smallest absolute Gasteiger partial charge is 0.306 e. The quantitative estimate of drug-likeness (QED) is 0.0200. The van der Waals surface area contributed by atoms with E-state index < -0.39 is 6.10 Å². The van der Waals surface area contributed by atoms with Crippen molar-refractivity contribution in [3.05, 3.63) is 48.6 Å². The molecule has 0 aliphatic heterocycles. The van der Waals surface area contributed by atoms with E-state index in [1.54, 1.807) is 0 Å². The van der Waals surface area contributed by atoms with Gasteiger partial charge in [-0.1, -0.05) is 211 Å². The van der Waals surface area contributed by atoms with Gasteiger partial charge in [0.25, 0.3) is 0 Å². The van der Waals surface area contributed by atoms with E-state index in [2.05, 4.69) is 69.4 Å². The van der Waals surface area contributed by atoms with Crippen molar-refractivity contribution in [2.75, 3.05) is 13.2 Å². The van der Waals surface area contributed by atoms with Crippen molar-refractivity contribution in [2.24, 2.45) is 0 Å². The van der Waals surface area contributed by atoms with Gasteiger partial charge in [-0.15, -0.1) is 0 Å². The molecule has 1 unspecified atom stereocenters. The molecule has 0 aromatic rings. The van der Waals surface area contributed by atoms with E-state index in [0.717, 1.165) is 103 Å². The number of esters is 3. The zero-order chi connectivity index (χ0) is 42.3. The first-order valence-electron chi connectivity index (χ1n) is 24.7. The average molecular weight is 813 g/mol. The van der Waals surface area contributed by atoms with Crippen LogP contribution in [0.25, 0.3) is 0 Å². The van der Waals surface area contributed by atoms with E-state index in [-0.39, 0.29) is 31.1 Å². The molecule has 0 amide bonds. The molecule has 0 aliphatic rings. The van der Waals surface area contributed by atoms with Gasteiger partial charge in [0.15, 0.2) is 6.10 Å². The van der Waals surface area contributed by atoms with E-state index in [1.165, 1.54) is 103 Å². The molecule has 0 heterocycles. The molecule has 0 saturated heterocycles. The van der Waals surface area contributed by atoms with Gasteiger partial charge in [0.05, 0.1) is 0 Å². The highest BCUT2D eigenvalue weighted by Crippen LogP contribution is 2.15. The lowest BCUT2D eigenvalue weighted by atomic mass is 10.0. The second-order valence-electron chi connectivity index (χ2n) is 16.4. The highest BCUT2D eigenvalue weighted by molar-refractivity contribution is 5.71. The predicted octanol–water partition coefficient (Wildman–Crippen LogP) is 15.9. The van der Waals surface area contributed by atoms with Crippen molar-refractivity contribution in [3.63, 3.8) is 0 Å². The zero-order valence-electron chi connectivity index (χ0n) is 38.3. The predicted molar refractivity (Wildman–Crippen MR) is 247 cm³/mol. The van der Waals surface area contributed by atoms with Gasteiger partial charge >= 0.3 is 17.9 Å². The summed E-state index contributed by atoms with van der Waals surface area (Å²) >= 11 is 0. The Morgan fingerprint density at radius 2 is 0.741 bits per heavy atom. The molecule has 0 rings (SSSR count). The molecule has 1 atom stereocenters. The molecule has 6 heteroatoms. The van der Waals surface area contributed by atoms with Gasteiger partial charge < -0.3 is 14.2 Å². The minimum Gasteiger partial charge on any atom is -0.462 e. The molecule has 6 nitrogen and oxygen atoms in total. The maximum Gasteiger partial charge on any atom is 0.306 e. The Kier molecular flexibility index (Phi) is 44.9. The highest BCUT2D eigenvalue weighted by atomic mass is 16.6. The van der Waals surface area contributed by atoms with E-state index in [1.807, 2.05) is 0 Å². The second kappa shape index (κ2) is 47.1. The maximum atomic E-state index is 12.7. The minimum absolute atomic E-state index is 0.0855. The number of hydrogen-bond acceptors (Lipinski definition) is 6. The second-order valence-corrected chi connectivity index (χ2v) is 16.4. The first-order chi connectivity index (χ1) is 28.5. The van der Waals surface area contributed by atoms with Crippen molar-refractivity contribution in [3.8, 4) is 0 Å². The van der Waals surface area contributed by atoms with Crippen molar-refractivity contribution < 1.29 is 28.6 Å². The topological polar surface area (TPSA) is 78.9 Å². The standard InChI is InChI=1S/C52H92O6/c1-4-7-10-13-16-19-22-24-25-26-27-28-31-33-36-39-42-45-51(54)57-48-49(47-56-50(53)44-41-38-35-32-29-21-18-15-12-9-6-3)58-52(55)46-43-40-37-34-30-23-20-17-14-11-8-5-2/h8,11,15,17-18,20-21,29,49H,4-7,9-10,12-14,16,19,22-28,30-48H2,1-3H3/b11-8-,18-15-,20-17-,29-21-. The van der Waals surface area contributed by atoms with Gasteiger partial charge in [-0.25, -0.2) is 0 Å². The third-order valence-electron chi connectivity index (χ3n) is 10.6. The molecule has 0 spiro atoms. The van der Waals surface area contributed by atoms with Crippen LogP contribution < -0.4 is 0 Å². The summed E-state index contributed by atoms with van der Waals surface area (Å²) in [6, 6.07) is 0. The maximum absolute atomic E-state index is 12.7. The summed E-state index contributed by atoms with van der Waals surface area (Å²) in [5, 5.41) is 0. The number of hydrogen-bond donors (Lipinski definition) is 0. The number of carbonyl (C=O) groups excluding carboxylic acids is 3. The fraction of sp³-hybridized carbons (Fsp3) is 0.788. The van der Waals surface area contributed by atoms with Gasteiger partial charge in [0, 0.05) is 19.3 Å². The number of ether oxygens (including phenoxy) is 3. The summed E-state index contributed by atoms with van der Waals surface area (Å²) in [6.07, 6.45) is 55.3. The van der Waals surface area contributed by atoms with Crippen LogP contribution >= 0.6 is 0 Å². The highest BCUT2D eigenvalue weighted by Gasteiger charge is 2.19. The largest absolute Gasteiger partial charge is 0.462 e. The van der Waals surface area contributed by atoms with Gasteiger partial charge in [-0.2, -0.15) is 0 Å². The van der Waals surface area contributed by atoms with Crippen LogP contribution in [0.1, 0.15) is 245 Å². The molecular formula is C52H92O6. The summed E-state index contributed by atoms with van der Waals surface area (Å²) in [5.41, 5.74) is 0. The number of allylic oxidation sites excluding steroid dienone is 8. The molecule has 0 radical (unpaired) electrons. The van der Waals surface area contributed by atoms with Crippen molar-refractivity contribution in [1.29, 1.82) is 0 Å². The Hall–Kier alpha value is -2.63. The average Bonchev–Trinajstić information content (AvgIpc) is 3.22. The SMILES string of the molecule is CC/C=C\C/C=C\CCCCCCCC(=O)OC(COC(=O)CCCCC/C=C\C=C/CCCC)COC(=O)CCCCCCCCCCCCCCCCCCC. The molecule has 0 aliphatic carbocycles. The van der Waals surface area contributed by atoms with Crippen LogP contribution in [0.5, 0.6) is 0 Å². The van der Waals surface area contributed by atoms with Crippen LogP contribution in [-0.4, -0.2) is 37.2 Å². The Bertz CT molecular complexity index is 1030. The molecule has 0 bridgehead atoms. The monoisotopic (exact) mass is 813 g/mol. The summed E-state index contributed by atoms with van der Waals surface area (Å²) in [4.78, 5) is 37.8. The molecule has 0 aromatic heterocycles. The van der Waals surface area contributed by atoms with Crippen molar-refractivity contribution in [2.45, 2.75) is 252 Å². The molecule has 0 aromatic carbocycles. The first kappa shape index (κ1) is 55.4. The molecule has 0 N–H and O–H groups in total. The summed E-state index contributed by atoms with van der Waals surface area (Å²) < 4.78 is 16.7. The van der Waals surface area contributed by atoms with Gasteiger partial charge in [0.2, 0.25) is 0 Å². The molecule has 0 saturated carbocycles. The van der Waals surface area contributed by atoms with Gasteiger partial charge in [0.1, 0.15) is 13.2 Å². The Labute approximate surface area is 358 Å². The zero-order valence-corrected chi connectivity index (χ0v) is 38.3. The van der Waals surface area contributed by atoms with Crippen LogP contribution in [0, 0.1) is 0 Å².